The van der Waals surface area contributed by atoms with Crippen molar-refractivity contribution in [1.82, 2.24) is 5.32 Å². The highest BCUT2D eigenvalue weighted by molar-refractivity contribution is 6.66. The van der Waals surface area contributed by atoms with E-state index in [9.17, 15) is 0 Å². The van der Waals surface area contributed by atoms with Gasteiger partial charge in [-0.05, 0) is 18.0 Å². The fourth-order valence-corrected chi connectivity index (χ4v) is 2.13. The Labute approximate surface area is 109 Å². The Morgan fingerprint density at radius 1 is 1.53 bits per heavy atom. The summed E-state index contributed by atoms with van der Waals surface area (Å²) in [7, 11) is 0. The summed E-state index contributed by atoms with van der Waals surface area (Å²) in [5.41, 5.74) is 0. The quantitative estimate of drug-likeness (QED) is 0.576. The molecule has 2 aliphatic heterocycles. The number of nitrogens with zero attached hydrogens (tertiary/aromatic N) is 3. The SMILES string of the molecule is N#CC1CCOC[C@@H]1NC1=NC(Cl)=NCC1Cl. The molecule has 0 spiro atoms. The number of nitrogens with one attached hydrogen (secondary N) is 1. The number of amidine groups is 2. The summed E-state index contributed by atoms with van der Waals surface area (Å²) in [6, 6.07) is 2.18. The Bertz CT molecular complexity index is 390. The van der Waals surface area contributed by atoms with Crippen LogP contribution in [0.2, 0.25) is 0 Å². The molecule has 17 heavy (non-hydrogen) atoms. The highest BCUT2D eigenvalue weighted by Gasteiger charge is 2.29. The lowest BCUT2D eigenvalue weighted by molar-refractivity contribution is 0.0575. The summed E-state index contributed by atoms with van der Waals surface area (Å²) in [6.45, 7) is 1.50. The van der Waals surface area contributed by atoms with Gasteiger partial charge >= 0.3 is 0 Å². The van der Waals surface area contributed by atoms with Crippen molar-refractivity contribution in [3.63, 3.8) is 0 Å². The molecule has 0 aliphatic carbocycles. The maximum atomic E-state index is 9.04. The van der Waals surface area contributed by atoms with Crippen molar-refractivity contribution < 1.29 is 4.74 Å². The normalized spacial score (nSPS) is 33.4. The summed E-state index contributed by atoms with van der Waals surface area (Å²) in [5, 5.41) is 12.1. The third-order valence-corrected chi connectivity index (χ3v) is 3.30. The molecule has 0 amide bonds. The fourth-order valence-electron chi connectivity index (χ4n) is 1.79. The molecule has 0 aromatic heterocycles. The molecule has 2 aliphatic rings. The standard InChI is InChI=1S/C10H12Cl2N4O/c11-7-4-14-10(12)16-9(7)15-8-5-17-2-1-6(8)3-13/h6-8H,1-2,4-5H2,(H,14,15,16)/t6?,7?,8-/m0/s1. The zero-order valence-corrected chi connectivity index (χ0v) is 10.6. The topological polar surface area (TPSA) is 69.8 Å². The van der Waals surface area contributed by atoms with Gasteiger partial charge in [-0.15, -0.1) is 11.6 Å². The smallest absolute Gasteiger partial charge is 0.219 e. The number of rotatable bonds is 1. The fraction of sp³-hybridized carbons (Fsp3) is 0.700. The Balaban J connectivity index is 2.04. The van der Waals surface area contributed by atoms with Gasteiger partial charge in [-0.2, -0.15) is 5.26 Å². The zero-order valence-electron chi connectivity index (χ0n) is 9.07. The zero-order chi connectivity index (χ0) is 12.3. The van der Waals surface area contributed by atoms with Crippen LogP contribution in [0.25, 0.3) is 0 Å². The minimum Gasteiger partial charge on any atom is -0.379 e. The van der Waals surface area contributed by atoms with Crippen molar-refractivity contribution in [3.05, 3.63) is 0 Å². The van der Waals surface area contributed by atoms with E-state index in [1.807, 2.05) is 0 Å². The van der Waals surface area contributed by atoms with Crippen LogP contribution in [0.4, 0.5) is 0 Å². The van der Waals surface area contributed by atoms with Crippen molar-refractivity contribution in [1.29, 1.82) is 5.26 Å². The van der Waals surface area contributed by atoms with Gasteiger partial charge in [0.25, 0.3) is 0 Å². The molecule has 2 rings (SSSR count). The van der Waals surface area contributed by atoms with Gasteiger partial charge in [-0.25, -0.2) is 4.99 Å². The van der Waals surface area contributed by atoms with E-state index in [1.54, 1.807) is 0 Å². The maximum Gasteiger partial charge on any atom is 0.219 e. The van der Waals surface area contributed by atoms with E-state index in [0.717, 1.165) is 6.42 Å². The summed E-state index contributed by atoms with van der Waals surface area (Å²) >= 11 is 11.8. The maximum absolute atomic E-state index is 9.04. The molecule has 92 valence electrons. The molecular formula is C10H12Cl2N4O. The predicted molar refractivity (Wildman–Crippen MR) is 66.7 cm³/mol. The second kappa shape index (κ2) is 5.67. The van der Waals surface area contributed by atoms with E-state index in [1.165, 1.54) is 0 Å². The van der Waals surface area contributed by atoms with Gasteiger partial charge < -0.3 is 10.1 Å². The molecule has 1 N–H and O–H groups in total. The molecule has 0 bridgehead atoms. The number of nitriles is 1. The molecular weight excluding hydrogens is 263 g/mol. The average Bonchev–Trinajstić information content (AvgIpc) is 2.34. The van der Waals surface area contributed by atoms with Gasteiger partial charge in [0.05, 0.1) is 31.2 Å². The average molecular weight is 275 g/mol. The van der Waals surface area contributed by atoms with Crippen LogP contribution in [0.1, 0.15) is 6.42 Å². The number of hydrogen-bond donors (Lipinski definition) is 1. The van der Waals surface area contributed by atoms with Crippen LogP contribution < -0.4 is 5.32 Å². The van der Waals surface area contributed by atoms with Crippen LogP contribution in [-0.4, -0.2) is 42.3 Å². The van der Waals surface area contributed by atoms with Crippen molar-refractivity contribution >= 4 is 34.3 Å². The molecule has 0 radical (unpaired) electrons. The first-order valence-electron chi connectivity index (χ1n) is 5.37. The minimum atomic E-state index is -0.321. The summed E-state index contributed by atoms with van der Waals surface area (Å²) in [6.07, 6.45) is 0.718. The van der Waals surface area contributed by atoms with Crippen molar-refractivity contribution in [2.75, 3.05) is 19.8 Å². The number of alkyl halides is 1. The van der Waals surface area contributed by atoms with Gasteiger partial charge in [-0.1, -0.05) is 0 Å². The largest absolute Gasteiger partial charge is 0.379 e. The van der Waals surface area contributed by atoms with E-state index in [-0.39, 0.29) is 22.6 Å². The molecule has 7 heteroatoms. The molecule has 1 saturated heterocycles. The van der Waals surface area contributed by atoms with E-state index in [0.29, 0.717) is 25.6 Å². The Morgan fingerprint density at radius 3 is 3.12 bits per heavy atom. The van der Waals surface area contributed by atoms with Crippen molar-refractivity contribution in [2.24, 2.45) is 15.9 Å². The number of aliphatic imine (C=N–C) groups is 2. The van der Waals surface area contributed by atoms with E-state index in [4.69, 9.17) is 33.2 Å². The van der Waals surface area contributed by atoms with Gasteiger partial charge in [0.1, 0.15) is 11.2 Å². The van der Waals surface area contributed by atoms with Crippen LogP contribution in [0.5, 0.6) is 0 Å². The molecule has 3 atom stereocenters. The monoisotopic (exact) mass is 274 g/mol. The van der Waals surface area contributed by atoms with Crippen LogP contribution in [-0.2, 0) is 4.74 Å². The number of hydrogen-bond acceptors (Lipinski definition) is 5. The number of halogens is 2. The summed E-state index contributed by atoms with van der Waals surface area (Å²) in [5.74, 6) is 0.482. The highest BCUT2D eigenvalue weighted by Crippen LogP contribution is 2.16. The molecule has 2 unspecified atom stereocenters. The Morgan fingerprint density at radius 2 is 2.35 bits per heavy atom. The second-order valence-electron chi connectivity index (χ2n) is 3.92. The molecule has 0 saturated carbocycles. The van der Waals surface area contributed by atoms with Crippen molar-refractivity contribution in [2.45, 2.75) is 17.8 Å². The van der Waals surface area contributed by atoms with Crippen LogP contribution >= 0.6 is 23.2 Å². The molecule has 5 nitrogen and oxygen atoms in total. The first-order valence-corrected chi connectivity index (χ1v) is 6.18. The van der Waals surface area contributed by atoms with E-state index >= 15 is 0 Å². The predicted octanol–water partition coefficient (Wildman–Crippen LogP) is 1.12. The number of ether oxygens (including phenoxy) is 1. The lowest BCUT2D eigenvalue weighted by Gasteiger charge is -2.30. The minimum absolute atomic E-state index is 0.0867. The molecule has 0 aromatic rings. The first kappa shape index (κ1) is 12.6. The Kier molecular flexibility index (Phi) is 4.21. The van der Waals surface area contributed by atoms with E-state index < -0.39 is 0 Å². The van der Waals surface area contributed by atoms with Gasteiger partial charge in [0.15, 0.2) is 0 Å². The lowest BCUT2D eigenvalue weighted by atomic mass is 9.96. The van der Waals surface area contributed by atoms with Gasteiger partial charge in [0, 0.05) is 6.61 Å². The van der Waals surface area contributed by atoms with Crippen LogP contribution in [0.15, 0.2) is 9.98 Å². The summed E-state index contributed by atoms with van der Waals surface area (Å²) in [4.78, 5) is 7.97. The molecule has 0 aromatic carbocycles. The third-order valence-electron chi connectivity index (χ3n) is 2.75. The second-order valence-corrected chi connectivity index (χ2v) is 4.79. The van der Waals surface area contributed by atoms with E-state index in [2.05, 4.69) is 21.4 Å². The summed E-state index contributed by atoms with van der Waals surface area (Å²) < 4.78 is 5.34. The molecule has 1 fully saturated rings. The van der Waals surface area contributed by atoms with Crippen molar-refractivity contribution in [3.8, 4) is 6.07 Å². The highest BCUT2D eigenvalue weighted by atomic mass is 35.5. The third kappa shape index (κ3) is 3.09. The van der Waals surface area contributed by atoms with Gasteiger partial charge in [-0.3, -0.25) is 4.99 Å². The molecule has 2 heterocycles. The van der Waals surface area contributed by atoms with Crippen LogP contribution in [0.3, 0.4) is 0 Å². The first-order chi connectivity index (χ1) is 8.20. The van der Waals surface area contributed by atoms with Gasteiger partial charge in [0.2, 0.25) is 5.29 Å². The van der Waals surface area contributed by atoms with Crippen LogP contribution in [0, 0.1) is 17.2 Å². The Hall–Kier alpha value is -0.830. The lowest BCUT2D eigenvalue weighted by Crippen LogP contribution is -2.49.